The van der Waals surface area contributed by atoms with Crippen molar-refractivity contribution >= 4 is 17.0 Å². The molecule has 5 rings (SSSR count). The lowest BCUT2D eigenvalue weighted by molar-refractivity contribution is 0.0697. The molecule has 3 unspecified atom stereocenters. The van der Waals surface area contributed by atoms with Crippen molar-refractivity contribution in [1.29, 1.82) is 0 Å². The fourth-order valence-electron chi connectivity index (χ4n) is 5.62. The number of benzene rings is 2. The van der Waals surface area contributed by atoms with Crippen LogP contribution in [0.2, 0.25) is 0 Å². The summed E-state index contributed by atoms with van der Waals surface area (Å²) >= 11 is 0. The predicted octanol–water partition coefficient (Wildman–Crippen LogP) is 4.52. The van der Waals surface area contributed by atoms with Gasteiger partial charge in [0.2, 0.25) is 0 Å². The summed E-state index contributed by atoms with van der Waals surface area (Å²) in [6, 6.07) is 16.8. The molecule has 1 saturated carbocycles. The SMILES string of the molecule is CCn1c(CN2CC(c3ccccc3)C3CCCC32)nc2cc(C(=O)O)ccc21. The molecule has 2 fully saturated rings. The summed E-state index contributed by atoms with van der Waals surface area (Å²) in [4.78, 5) is 18.8. The van der Waals surface area contributed by atoms with Crippen molar-refractivity contribution in [2.75, 3.05) is 6.54 Å². The number of rotatable bonds is 5. The lowest BCUT2D eigenvalue weighted by Crippen LogP contribution is -2.30. The van der Waals surface area contributed by atoms with Crippen molar-refractivity contribution in [2.24, 2.45) is 5.92 Å². The maximum Gasteiger partial charge on any atom is 0.335 e. The number of aromatic carboxylic acids is 1. The Bertz CT molecular complexity index is 1040. The van der Waals surface area contributed by atoms with Gasteiger partial charge in [-0.1, -0.05) is 36.8 Å². The number of hydrogen-bond donors (Lipinski definition) is 1. The molecule has 29 heavy (non-hydrogen) atoms. The first-order valence-corrected chi connectivity index (χ1v) is 10.7. The van der Waals surface area contributed by atoms with Crippen molar-refractivity contribution in [3.8, 4) is 0 Å². The Morgan fingerprint density at radius 2 is 2.00 bits per heavy atom. The average molecular weight is 389 g/mol. The molecule has 5 nitrogen and oxygen atoms in total. The Balaban J connectivity index is 1.46. The standard InChI is InChI=1S/C24H27N3O2/c1-2-27-22-12-11-17(24(28)29)13-20(22)25-23(27)15-26-14-19(16-7-4-3-5-8-16)18-9-6-10-21(18)26/h3-5,7-8,11-13,18-19,21H,2,6,9-10,14-15H2,1H3,(H,28,29). The van der Waals surface area contributed by atoms with Crippen LogP contribution in [-0.4, -0.2) is 38.1 Å². The predicted molar refractivity (Wildman–Crippen MR) is 113 cm³/mol. The maximum atomic E-state index is 11.3. The van der Waals surface area contributed by atoms with E-state index in [1.165, 1.54) is 24.8 Å². The second-order valence-corrected chi connectivity index (χ2v) is 8.39. The van der Waals surface area contributed by atoms with E-state index in [4.69, 9.17) is 4.98 Å². The van der Waals surface area contributed by atoms with Crippen LogP contribution in [0.3, 0.4) is 0 Å². The molecule has 1 aromatic heterocycles. The molecular formula is C24H27N3O2. The summed E-state index contributed by atoms with van der Waals surface area (Å²) < 4.78 is 2.24. The lowest BCUT2D eigenvalue weighted by atomic mass is 9.87. The number of aromatic nitrogens is 2. The molecule has 0 amide bonds. The summed E-state index contributed by atoms with van der Waals surface area (Å²) in [7, 11) is 0. The molecule has 5 heteroatoms. The highest BCUT2D eigenvalue weighted by molar-refractivity contribution is 5.92. The van der Waals surface area contributed by atoms with E-state index >= 15 is 0 Å². The molecule has 3 aromatic rings. The third-order valence-electron chi connectivity index (χ3n) is 6.91. The maximum absolute atomic E-state index is 11.3. The van der Waals surface area contributed by atoms with E-state index in [0.29, 0.717) is 17.5 Å². The van der Waals surface area contributed by atoms with E-state index in [9.17, 15) is 9.90 Å². The van der Waals surface area contributed by atoms with Crippen LogP contribution in [0.25, 0.3) is 11.0 Å². The zero-order valence-corrected chi connectivity index (χ0v) is 16.8. The number of imidazole rings is 1. The van der Waals surface area contributed by atoms with E-state index in [1.807, 2.05) is 6.07 Å². The molecule has 1 aliphatic carbocycles. The van der Waals surface area contributed by atoms with Gasteiger partial charge in [-0.15, -0.1) is 0 Å². The van der Waals surface area contributed by atoms with Gasteiger partial charge in [-0.2, -0.15) is 0 Å². The van der Waals surface area contributed by atoms with Gasteiger partial charge >= 0.3 is 5.97 Å². The van der Waals surface area contributed by atoms with Crippen LogP contribution in [0.4, 0.5) is 0 Å². The number of carboxylic acids is 1. The Labute approximate surface area is 171 Å². The topological polar surface area (TPSA) is 58.4 Å². The van der Waals surface area contributed by atoms with Gasteiger partial charge in [0.05, 0.1) is 23.1 Å². The van der Waals surface area contributed by atoms with Crippen LogP contribution in [0.5, 0.6) is 0 Å². The molecule has 1 saturated heterocycles. The Morgan fingerprint density at radius 1 is 1.17 bits per heavy atom. The van der Waals surface area contributed by atoms with Gasteiger partial charge in [0.25, 0.3) is 0 Å². The number of carbonyl (C=O) groups is 1. The second-order valence-electron chi connectivity index (χ2n) is 8.39. The van der Waals surface area contributed by atoms with Gasteiger partial charge in [-0.05, 0) is 49.4 Å². The molecule has 0 spiro atoms. The lowest BCUT2D eigenvalue weighted by Gasteiger charge is -2.23. The molecule has 1 aliphatic heterocycles. The minimum Gasteiger partial charge on any atom is -0.478 e. The number of likely N-dealkylation sites (tertiary alicyclic amines) is 1. The Hall–Kier alpha value is -2.66. The highest BCUT2D eigenvalue weighted by Gasteiger charge is 2.44. The van der Waals surface area contributed by atoms with Crippen LogP contribution in [0.1, 0.15) is 53.8 Å². The number of hydrogen-bond acceptors (Lipinski definition) is 3. The smallest absolute Gasteiger partial charge is 0.335 e. The third kappa shape index (κ3) is 3.14. The first kappa shape index (κ1) is 18.4. The molecule has 150 valence electrons. The second kappa shape index (κ2) is 7.30. The number of aryl methyl sites for hydroxylation is 1. The Morgan fingerprint density at radius 3 is 2.76 bits per heavy atom. The summed E-state index contributed by atoms with van der Waals surface area (Å²) in [5.74, 6) is 1.47. The van der Waals surface area contributed by atoms with Gasteiger partial charge in [0, 0.05) is 25.0 Å². The van der Waals surface area contributed by atoms with Crippen molar-refractivity contribution in [3.63, 3.8) is 0 Å². The van der Waals surface area contributed by atoms with Crippen molar-refractivity contribution in [2.45, 2.75) is 51.2 Å². The fraction of sp³-hybridized carbons (Fsp3) is 0.417. The summed E-state index contributed by atoms with van der Waals surface area (Å²) in [5.41, 5.74) is 3.56. The highest BCUT2D eigenvalue weighted by Crippen LogP contribution is 2.46. The molecule has 0 bridgehead atoms. The van der Waals surface area contributed by atoms with E-state index in [0.717, 1.165) is 42.4 Å². The van der Waals surface area contributed by atoms with Gasteiger partial charge < -0.3 is 9.67 Å². The average Bonchev–Trinajstić information content (AvgIpc) is 3.42. The van der Waals surface area contributed by atoms with Crippen molar-refractivity contribution in [3.05, 3.63) is 65.5 Å². The third-order valence-corrected chi connectivity index (χ3v) is 6.91. The first-order chi connectivity index (χ1) is 14.2. The van der Waals surface area contributed by atoms with Crippen molar-refractivity contribution < 1.29 is 9.90 Å². The van der Waals surface area contributed by atoms with Gasteiger partial charge in [-0.3, -0.25) is 4.90 Å². The fourth-order valence-corrected chi connectivity index (χ4v) is 5.62. The molecule has 0 radical (unpaired) electrons. The molecule has 1 N–H and O–H groups in total. The normalized spacial score (nSPS) is 24.2. The van der Waals surface area contributed by atoms with E-state index in [1.54, 1.807) is 12.1 Å². The molecule has 2 aromatic carbocycles. The molecule has 2 aliphatic rings. The minimum atomic E-state index is -0.904. The summed E-state index contributed by atoms with van der Waals surface area (Å²) in [5, 5.41) is 9.30. The molecular weight excluding hydrogens is 362 g/mol. The van der Waals surface area contributed by atoms with Gasteiger partial charge in [0.15, 0.2) is 0 Å². The van der Waals surface area contributed by atoms with Crippen LogP contribution >= 0.6 is 0 Å². The number of nitrogens with zero attached hydrogens (tertiary/aromatic N) is 3. The number of fused-ring (bicyclic) bond motifs is 2. The highest BCUT2D eigenvalue weighted by atomic mass is 16.4. The van der Waals surface area contributed by atoms with E-state index in [-0.39, 0.29) is 0 Å². The molecule has 2 heterocycles. The molecule has 3 atom stereocenters. The van der Waals surface area contributed by atoms with E-state index in [2.05, 4.69) is 46.7 Å². The zero-order chi connectivity index (χ0) is 20.0. The van der Waals surface area contributed by atoms with Crippen LogP contribution < -0.4 is 0 Å². The quantitative estimate of drug-likeness (QED) is 0.697. The van der Waals surface area contributed by atoms with Gasteiger partial charge in [-0.25, -0.2) is 9.78 Å². The largest absolute Gasteiger partial charge is 0.478 e. The van der Waals surface area contributed by atoms with Crippen LogP contribution in [0, 0.1) is 5.92 Å². The summed E-state index contributed by atoms with van der Waals surface area (Å²) in [6.07, 6.45) is 3.89. The van der Waals surface area contributed by atoms with Gasteiger partial charge in [0.1, 0.15) is 5.82 Å². The van der Waals surface area contributed by atoms with Crippen LogP contribution in [0.15, 0.2) is 48.5 Å². The summed E-state index contributed by atoms with van der Waals surface area (Å²) in [6.45, 7) is 4.87. The van der Waals surface area contributed by atoms with E-state index < -0.39 is 5.97 Å². The number of carboxylic acid groups (broad SMARTS) is 1. The van der Waals surface area contributed by atoms with Crippen LogP contribution in [-0.2, 0) is 13.1 Å². The van der Waals surface area contributed by atoms with Crippen molar-refractivity contribution in [1.82, 2.24) is 14.5 Å². The first-order valence-electron chi connectivity index (χ1n) is 10.7. The minimum absolute atomic E-state index is 0.297. The zero-order valence-electron chi connectivity index (χ0n) is 16.8. The Kier molecular flexibility index (Phi) is 4.63. The monoisotopic (exact) mass is 389 g/mol.